The normalized spacial score (nSPS) is 10.4. The van der Waals surface area contributed by atoms with E-state index in [1.165, 1.54) is 6.20 Å². The third-order valence-electron chi connectivity index (χ3n) is 2.17. The molecule has 2 aromatic rings. The third kappa shape index (κ3) is 1.99. The minimum Gasteiger partial charge on any atom is -0.462 e. The molecule has 0 spiro atoms. The molecule has 0 fully saturated rings. The first-order valence-electron chi connectivity index (χ1n) is 4.93. The Bertz CT molecular complexity index is 540. The number of hydrogen-bond donors (Lipinski definition) is 0. The van der Waals surface area contributed by atoms with E-state index >= 15 is 0 Å². The third-order valence-corrected chi connectivity index (χ3v) is 2.48. The highest BCUT2D eigenvalue weighted by molar-refractivity contribution is 6.35. The van der Waals surface area contributed by atoms with Gasteiger partial charge in [-0.3, -0.25) is 4.98 Å². The summed E-state index contributed by atoms with van der Waals surface area (Å²) < 4.78 is 4.90. The van der Waals surface area contributed by atoms with Crippen molar-refractivity contribution in [2.75, 3.05) is 6.61 Å². The van der Waals surface area contributed by atoms with E-state index in [4.69, 9.17) is 16.3 Å². The molecule has 1 aromatic carbocycles. The van der Waals surface area contributed by atoms with E-state index in [-0.39, 0.29) is 5.97 Å². The Hall–Kier alpha value is -1.61. The Morgan fingerprint density at radius 3 is 3.06 bits per heavy atom. The first kappa shape index (κ1) is 10.9. The summed E-state index contributed by atoms with van der Waals surface area (Å²) in [7, 11) is 0. The number of ether oxygens (including phenoxy) is 1. The fourth-order valence-electron chi connectivity index (χ4n) is 1.45. The van der Waals surface area contributed by atoms with Crippen LogP contribution < -0.4 is 0 Å². The average Bonchev–Trinajstić information content (AvgIpc) is 2.29. The Kier molecular flexibility index (Phi) is 3.06. The molecule has 2 rings (SSSR count). The zero-order valence-electron chi connectivity index (χ0n) is 8.74. The Labute approximate surface area is 98.0 Å². The smallest absolute Gasteiger partial charge is 0.339 e. The van der Waals surface area contributed by atoms with Gasteiger partial charge in [0, 0.05) is 11.6 Å². The maximum Gasteiger partial charge on any atom is 0.339 e. The van der Waals surface area contributed by atoms with Crippen LogP contribution in [0.25, 0.3) is 10.9 Å². The van der Waals surface area contributed by atoms with Crippen LogP contribution in [-0.2, 0) is 4.74 Å². The van der Waals surface area contributed by atoms with Gasteiger partial charge >= 0.3 is 5.97 Å². The molecule has 0 saturated carbocycles. The number of carbonyl (C=O) groups is 1. The first-order valence-corrected chi connectivity index (χ1v) is 5.31. The molecule has 0 aliphatic heterocycles. The molecule has 0 unspecified atom stereocenters. The molecule has 4 heteroatoms. The highest BCUT2D eigenvalue weighted by Crippen LogP contribution is 2.21. The summed E-state index contributed by atoms with van der Waals surface area (Å²) in [6, 6.07) is 7.17. The second kappa shape index (κ2) is 4.49. The largest absolute Gasteiger partial charge is 0.462 e. The van der Waals surface area contributed by atoms with E-state index in [9.17, 15) is 4.79 Å². The first-order chi connectivity index (χ1) is 7.72. The van der Waals surface area contributed by atoms with Gasteiger partial charge in [-0.25, -0.2) is 4.79 Å². The van der Waals surface area contributed by atoms with Crippen molar-refractivity contribution in [2.45, 2.75) is 6.92 Å². The molecular formula is C12H10ClNO2. The number of para-hydroxylation sites is 1. The lowest BCUT2D eigenvalue weighted by Gasteiger charge is -2.03. The molecule has 16 heavy (non-hydrogen) atoms. The van der Waals surface area contributed by atoms with E-state index in [1.54, 1.807) is 19.1 Å². The van der Waals surface area contributed by atoms with Crippen LogP contribution in [0.5, 0.6) is 0 Å². The van der Waals surface area contributed by atoms with Crippen molar-refractivity contribution < 1.29 is 9.53 Å². The lowest BCUT2D eigenvalue weighted by Crippen LogP contribution is -2.04. The number of benzene rings is 1. The Balaban J connectivity index is 2.48. The molecule has 0 aliphatic carbocycles. The predicted molar refractivity (Wildman–Crippen MR) is 62.7 cm³/mol. The van der Waals surface area contributed by atoms with Gasteiger partial charge in [0.15, 0.2) is 0 Å². The summed E-state index contributed by atoms with van der Waals surface area (Å²) in [5.74, 6) is -0.364. The van der Waals surface area contributed by atoms with E-state index in [0.29, 0.717) is 22.7 Å². The van der Waals surface area contributed by atoms with Crippen LogP contribution in [0, 0.1) is 0 Å². The van der Waals surface area contributed by atoms with Crippen LogP contribution in [0.2, 0.25) is 5.02 Å². The van der Waals surface area contributed by atoms with Crippen LogP contribution in [0.3, 0.4) is 0 Å². The lowest BCUT2D eigenvalue weighted by atomic mass is 10.1. The molecule has 0 amide bonds. The standard InChI is InChI=1S/C12H10ClNO2/c1-2-16-12(15)9-6-8-4-3-5-10(13)11(8)14-7-9/h3-7H,2H2,1H3. The number of esters is 1. The lowest BCUT2D eigenvalue weighted by molar-refractivity contribution is 0.0526. The van der Waals surface area contributed by atoms with Crippen molar-refractivity contribution in [3.8, 4) is 0 Å². The second-order valence-corrected chi connectivity index (χ2v) is 3.66. The van der Waals surface area contributed by atoms with Crippen molar-refractivity contribution >= 4 is 28.5 Å². The predicted octanol–water partition coefficient (Wildman–Crippen LogP) is 3.06. The van der Waals surface area contributed by atoms with Crippen molar-refractivity contribution in [1.82, 2.24) is 4.98 Å². The minimum atomic E-state index is -0.364. The van der Waals surface area contributed by atoms with E-state index < -0.39 is 0 Å². The van der Waals surface area contributed by atoms with Crippen LogP contribution >= 0.6 is 11.6 Å². The molecule has 0 N–H and O–H groups in total. The number of fused-ring (bicyclic) bond motifs is 1. The summed E-state index contributed by atoms with van der Waals surface area (Å²) >= 11 is 5.97. The fraction of sp³-hybridized carbons (Fsp3) is 0.167. The molecule has 82 valence electrons. The van der Waals surface area contributed by atoms with Gasteiger partial charge in [-0.2, -0.15) is 0 Å². The Morgan fingerprint density at radius 1 is 1.50 bits per heavy atom. The number of pyridine rings is 1. The van der Waals surface area contributed by atoms with Crippen LogP contribution in [0.15, 0.2) is 30.5 Å². The van der Waals surface area contributed by atoms with Crippen LogP contribution in [0.4, 0.5) is 0 Å². The molecular weight excluding hydrogens is 226 g/mol. The summed E-state index contributed by atoms with van der Waals surface area (Å²) in [5.41, 5.74) is 1.13. The van der Waals surface area contributed by atoms with Gasteiger partial charge in [0.2, 0.25) is 0 Å². The monoisotopic (exact) mass is 235 g/mol. The maximum atomic E-state index is 11.5. The van der Waals surface area contributed by atoms with E-state index in [1.807, 2.05) is 12.1 Å². The highest BCUT2D eigenvalue weighted by atomic mass is 35.5. The van der Waals surface area contributed by atoms with Gasteiger partial charge in [-0.15, -0.1) is 0 Å². The molecule has 0 atom stereocenters. The van der Waals surface area contributed by atoms with Crippen LogP contribution in [-0.4, -0.2) is 17.6 Å². The van der Waals surface area contributed by atoms with Gasteiger partial charge in [-0.1, -0.05) is 23.7 Å². The second-order valence-electron chi connectivity index (χ2n) is 3.26. The molecule has 1 heterocycles. The van der Waals surface area contributed by atoms with Gasteiger partial charge < -0.3 is 4.74 Å². The van der Waals surface area contributed by atoms with Crippen molar-refractivity contribution in [3.63, 3.8) is 0 Å². The Morgan fingerprint density at radius 2 is 2.31 bits per heavy atom. The SMILES string of the molecule is CCOC(=O)c1cnc2c(Cl)cccc2c1. The number of halogens is 1. The number of hydrogen-bond acceptors (Lipinski definition) is 3. The quantitative estimate of drug-likeness (QED) is 0.751. The van der Waals surface area contributed by atoms with Gasteiger partial charge in [0.25, 0.3) is 0 Å². The van der Waals surface area contributed by atoms with Crippen molar-refractivity contribution in [2.24, 2.45) is 0 Å². The molecule has 3 nitrogen and oxygen atoms in total. The summed E-state index contributed by atoms with van der Waals surface area (Å²) in [4.78, 5) is 15.6. The number of aromatic nitrogens is 1. The fourth-order valence-corrected chi connectivity index (χ4v) is 1.68. The average molecular weight is 236 g/mol. The maximum absolute atomic E-state index is 11.5. The summed E-state index contributed by atoms with van der Waals surface area (Å²) in [5, 5.41) is 1.41. The van der Waals surface area contributed by atoms with Gasteiger partial charge in [-0.05, 0) is 19.1 Å². The van der Waals surface area contributed by atoms with Gasteiger partial charge in [0.1, 0.15) is 0 Å². The molecule has 1 aromatic heterocycles. The van der Waals surface area contributed by atoms with Crippen molar-refractivity contribution in [3.05, 3.63) is 41.0 Å². The molecule has 0 aliphatic rings. The van der Waals surface area contributed by atoms with Crippen molar-refractivity contribution in [1.29, 1.82) is 0 Å². The number of rotatable bonds is 2. The van der Waals surface area contributed by atoms with E-state index in [0.717, 1.165) is 5.39 Å². The topological polar surface area (TPSA) is 39.2 Å². The zero-order valence-corrected chi connectivity index (χ0v) is 9.49. The highest BCUT2D eigenvalue weighted by Gasteiger charge is 2.08. The van der Waals surface area contributed by atoms with E-state index in [2.05, 4.69) is 4.98 Å². The summed E-state index contributed by atoms with van der Waals surface area (Å²) in [6.45, 7) is 2.12. The number of nitrogens with zero attached hydrogens (tertiary/aromatic N) is 1. The summed E-state index contributed by atoms with van der Waals surface area (Å²) in [6.07, 6.45) is 1.48. The molecule has 0 bridgehead atoms. The van der Waals surface area contributed by atoms with Gasteiger partial charge in [0.05, 0.1) is 22.7 Å². The zero-order chi connectivity index (χ0) is 11.5. The van der Waals surface area contributed by atoms with Crippen LogP contribution in [0.1, 0.15) is 17.3 Å². The molecule has 0 saturated heterocycles. The molecule has 0 radical (unpaired) electrons. The number of carbonyl (C=O) groups excluding carboxylic acids is 1. The minimum absolute atomic E-state index is 0.354.